The van der Waals surface area contributed by atoms with Crippen LogP contribution < -0.4 is 0 Å². The second-order valence-electron chi connectivity index (χ2n) is 2.73. The van der Waals surface area contributed by atoms with Gasteiger partial charge in [-0.2, -0.15) is 0 Å². The molecular formula is C9H12O4. The molecule has 0 radical (unpaired) electrons. The van der Waals surface area contributed by atoms with Crippen LogP contribution in [0.25, 0.3) is 0 Å². The lowest BCUT2D eigenvalue weighted by Crippen LogP contribution is -2.18. The third-order valence-electron chi connectivity index (χ3n) is 1.86. The van der Waals surface area contributed by atoms with Gasteiger partial charge in [0.25, 0.3) is 0 Å². The van der Waals surface area contributed by atoms with Crippen LogP contribution in [0.2, 0.25) is 0 Å². The van der Waals surface area contributed by atoms with Crippen molar-refractivity contribution >= 4 is 11.8 Å². The van der Waals surface area contributed by atoms with Gasteiger partial charge in [-0.15, -0.1) is 0 Å². The Bertz CT molecular complexity index is 254. The second kappa shape index (κ2) is 4.07. The number of methoxy groups -OCH3 is 1. The van der Waals surface area contributed by atoms with Crippen LogP contribution in [0.5, 0.6) is 0 Å². The highest BCUT2D eigenvalue weighted by molar-refractivity contribution is 5.98. The summed E-state index contributed by atoms with van der Waals surface area (Å²) in [5, 5.41) is 0. The number of carbonyl (C=O) groups is 2. The van der Waals surface area contributed by atoms with E-state index in [-0.39, 0.29) is 18.2 Å². The van der Waals surface area contributed by atoms with Crippen LogP contribution in [0.15, 0.2) is 11.8 Å². The predicted octanol–water partition coefficient (Wildman–Crippen LogP) is 0.669. The van der Waals surface area contributed by atoms with Crippen molar-refractivity contribution in [1.82, 2.24) is 0 Å². The quantitative estimate of drug-likeness (QED) is 0.605. The van der Waals surface area contributed by atoms with Crippen LogP contribution in [0.3, 0.4) is 0 Å². The Morgan fingerprint density at radius 3 is 2.92 bits per heavy atom. The smallest absolute Gasteiger partial charge is 0.317 e. The van der Waals surface area contributed by atoms with Gasteiger partial charge in [0, 0.05) is 12.5 Å². The maximum absolute atomic E-state index is 11.3. The summed E-state index contributed by atoms with van der Waals surface area (Å²) in [6.07, 6.45) is 1.52. The molecule has 1 aliphatic carbocycles. The zero-order valence-electron chi connectivity index (χ0n) is 7.70. The van der Waals surface area contributed by atoms with E-state index in [1.54, 1.807) is 6.92 Å². The van der Waals surface area contributed by atoms with Crippen molar-refractivity contribution in [2.24, 2.45) is 5.92 Å². The third-order valence-corrected chi connectivity index (χ3v) is 1.86. The third kappa shape index (κ3) is 2.08. The Kier molecular flexibility index (Phi) is 3.06. The maximum atomic E-state index is 11.3. The SMILES string of the molecule is CCOC(=O)C1CC(=O)C=C1OC. The predicted molar refractivity (Wildman–Crippen MR) is 44.8 cm³/mol. The summed E-state index contributed by atoms with van der Waals surface area (Å²) >= 11 is 0. The average molecular weight is 184 g/mol. The van der Waals surface area contributed by atoms with Gasteiger partial charge in [0.05, 0.1) is 13.7 Å². The molecule has 0 aromatic rings. The largest absolute Gasteiger partial charge is 0.500 e. The highest BCUT2D eigenvalue weighted by atomic mass is 16.5. The van der Waals surface area contributed by atoms with E-state index in [1.165, 1.54) is 13.2 Å². The minimum atomic E-state index is -0.530. The van der Waals surface area contributed by atoms with E-state index in [1.807, 2.05) is 0 Å². The molecule has 4 nitrogen and oxygen atoms in total. The molecule has 13 heavy (non-hydrogen) atoms. The topological polar surface area (TPSA) is 52.6 Å². The van der Waals surface area contributed by atoms with Gasteiger partial charge in [-0.3, -0.25) is 9.59 Å². The van der Waals surface area contributed by atoms with Gasteiger partial charge < -0.3 is 9.47 Å². The summed E-state index contributed by atoms with van der Waals surface area (Å²) in [5.41, 5.74) is 0. The fraction of sp³-hybridized carbons (Fsp3) is 0.556. The van der Waals surface area contributed by atoms with E-state index in [0.29, 0.717) is 12.4 Å². The molecule has 72 valence electrons. The fourth-order valence-electron chi connectivity index (χ4n) is 1.26. The molecule has 1 rings (SSSR count). The monoisotopic (exact) mass is 184 g/mol. The summed E-state index contributed by atoms with van der Waals surface area (Å²) in [5.74, 6) is -0.600. The van der Waals surface area contributed by atoms with Crippen LogP contribution in [0.4, 0.5) is 0 Å². The number of allylic oxidation sites excluding steroid dienone is 1. The Labute approximate surface area is 76.5 Å². The summed E-state index contributed by atoms with van der Waals surface area (Å²) in [6, 6.07) is 0. The lowest BCUT2D eigenvalue weighted by atomic mass is 10.1. The molecule has 0 N–H and O–H groups in total. The molecule has 1 unspecified atom stereocenters. The Hall–Kier alpha value is -1.32. The molecule has 0 aromatic heterocycles. The summed E-state index contributed by atoms with van der Waals surface area (Å²) in [6.45, 7) is 2.05. The van der Waals surface area contributed by atoms with E-state index in [0.717, 1.165) is 0 Å². The number of ketones is 1. The summed E-state index contributed by atoms with van der Waals surface area (Å²) in [4.78, 5) is 22.2. The van der Waals surface area contributed by atoms with E-state index in [9.17, 15) is 9.59 Å². The number of rotatable bonds is 3. The molecule has 0 bridgehead atoms. The van der Waals surface area contributed by atoms with Crippen LogP contribution >= 0.6 is 0 Å². The molecule has 1 aliphatic rings. The molecule has 0 fully saturated rings. The highest BCUT2D eigenvalue weighted by Gasteiger charge is 2.33. The molecule has 4 heteroatoms. The van der Waals surface area contributed by atoms with E-state index in [4.69, 9.17) is 9.47 Å². The molecule has 1 atom stereocenters. The van der Waals surface area contributed by atoms with Crippen LogP contribution in [0, 0.1) is 5.92 Å². The Balaban J connectivity index is 2.66. The standard InChI is InChI=1S/C9H12O4/c1-3-13-9(11)7-4-6(10)5-8(7)12-2/h5,7H,3-4H2,1-2H3. The molecule has 0 amide bonds. The van der Waals surface area contributed by atoms with Crippen LogP contribution in [0.1, 0.15) is 13.3 Å². The first-order chi connectivity index (χ1) is 6.19. The molecule has 0 aliphatic heterocycles. The van der Waals surface area contributed by atoms with Gasteiger partial charge in [-0.05, 0) is 6.92 Å². The molecule has 0 spiro atoms. The van der Waals surface area contributed by atoms with Gasteiger partial charge in [-0.1, -0.05) is 0 Å². The van der Waals surface area contributed by atoms with Crippen molar-refractivity contribution in [1.29, 1.82) is 0 Å². The lowest BCUT2D eigenvalue weighted by Gasteiger charge is -2.10. The van der Waals surface area contributed by atoms with E-state index < -0.39 is 5.92 Å². The Morgan fingerprint density at radius 1 is 1.69 bits per heavy atom. The minimum absolute atomic E-state index is 0.0881. The van der Waals surface area contributed by atoms with E-state index in [2.05, 4.69) is 0 Å². The van der Waals surface area contributed by atoms with Crippen molar-refractivity contribution in [3.05, 3.63) is 11.8 Å². The van der Waals surface area contributed by atoms with Crippen molar-refractivity contribution < 1.29 is 19.1 Å². The first-order valence-electron chi connectivity index (χ1n) is 4.14. The zero-order valence-corrected chi connectivity index (χ0v) is 7.70. The second-order valence-corrected chi connectivity index (χ2v) is 2.73. The molecular weight excluding hydrogens is 172 g/mol. The van der Waals surface area contributed by atoms with Gasteiger partial charge in [-0.25, -0.2) is 0 Å². The van der Waals surface area contributed by atoms with Gasteiger partial charge in [0.15, 0.2) is 5.78 Å². The number of hydrogen-bond acceptors (Lipinski definition) is 4. The molecule has 0 aromatic carbocycles. The summed E-state index contributed by atoms with van der Waals surface area (Å²) in [7, 11) is 1.44. The lowest BCUT2D eigenvalue weighted by molar-refractivity contribution is -0.148. The van der Waals surface area contributed by atoms with Crippen molar-refractivity contribution in [2.75, 3.05) is 13.7 Å². The fourth-order valence-corrected chi connectivity index (χ4v) is 1.26. The zero-order chi connectivity index (χ0) is 9.84. The minimum Gasteiger partial charge on any atom is -0.500 e. The number of esters is 1. The molecule has 0 heterocycles. The number of ether oxygens (including phenoxy) is 2. The first-order valence-corrected chi connectivity index (χ1v) is 4.14. The van der Waals surface area contributed by atoms with Crippen LogP contribution in [-0.4, -0.2) is 25.5 Å². The summed E-state index contributed by atoms with van der Waals surface area (Å²) < 4.78 is 9.70. The average Bonchev–Trinajstić information content (AvgIpc) is 2.47. The maximum Gasteiger partial charge on any atom is 0.317 e. The molecule has 0 saturated carbocycles. The highest BCUT2D eigenvalue weighted by Crippen LogP contribution is 2.24. The number of carbonyl (C=O) groups excluding carboxylic acids is 2. The van der Waals surface area contributed by atoms with Crippen molar-refractivity contribution in [2.45, 2.75) is 13.3 Å². The molecule has 0 saturated heterocycles. The first kappa shape index (κ1) is 9.77. The van der Waals surface area contributed by atoms with Gasteiger partial charge in [0.2, 0.25) is 0 Å². The van der Waals surface area contributed by atoms with Gasteiger partial charge >= 0.3 is 5.97 Å². The normalized spacial score (nSPS) is 21.2. The van der Waals surface area contributed by atoms with Gasteiger partial charge in [0.1, 0.15) is 11.7 Å². The van der Waals surface area contributed by atoms with E-state index >= 15 is 0 Å². The van der Waals surface area contributed by atoms with Crippen molar-refractivity contribution in [3.63, 3.8) is 0 Å². The number of hydrogen-bond donors (Lipinski definition) is 0. The van der Waals surface area contributed by atoms with Crippen LogP contribution in [-0.2, 0) is 19.1 Å². The Morgan fingerprint density at radius 2 is 2.38 bits per heavy atom. The van der Waals surface area contributed by atoms with Crippen molar-refractivity contribution in [3.8, 4) is 0 Å².